The van der Waals surface area contributed by atoms with Crippen molar-refractivity contribution in [2.75, 3.05) is 18.5 Å². The largest absolute Gasteiger partial charge is 0.573 e. The highest BCUT2D eigenvalue weighted by Crippen LogP contribution is 2.36. The van der Waals surface area contributed by atoms with Gasteiger partial charge in [0.05, 0.1) is 12.6 Å². The normalized spacial score (nSPS) is 19.7. The molecule has 0 bridgehead atoms. The Morgan fingerprint density at radius 3 is 2.49 bits per heavy atom. The summed E-state index contributed by atoms with van der Waals surface area (Å²) in [5.74, 6) is -1.31. The van der Waals surface area contributed by atoms with Crippen LogP contribution in [-0.2, 0) is 11.3 Å². The average molecular weight is 565 g/mol. The first-order valence-electron chi connectivity index (χ1n) is 12.1. The maximum Gasteiger partial charge on any atom is 0.573 e. The summed E-state index contributed by atoms with van der Waals surface area (Å²) in [6.45, 7) is -0.0977. The molecule has 0 spiro atoms. The van der Waals surface area contributed by atoms with E-state index >= 15 is 0 Å². The summed E-state index contributed by atoms with van der Waals surface area (Å²) in [6.07, 6.45) is -4.06. The Labute approximate surface area is 226 Å². The van der Waals surface area contributed by atoms with Crippen LogP contribution in [0.4, 0.5) is 19.0 Å². The fraction of sp³-hybridized carbons (Fsp3) is 0.346. The van der Waals surface area contributed by atoms with E-state index in [0.29, 0.717) is 24.3 Å². The molecule has 3 aromatic rings. The average Bonchev–Trinajstić information content (AvgIpc) is 3.43. The van der Waals surface area contributed by atoms with Crippen LogP contribution in [0.5, 0.6) is 17.5 Å². The summed E-state index contributed by atoms with van der Waals surface area (Å²) in [6, 6.07) is 11.3. The number of carbonyl (C=O) groups excluding carboxylic acids is 2. The molecule has 5 rings (SSSR count). The molecule has 1 aliphatic heterocycles. The Bertz CT molecular complexity index is 1400. The van der Waals surface area contributed by atoms with Crippen molar-refractivity contribution in [3.63, 3.8) is 0 Å². The van der Waals surface area contributed by atoms with Crippen LogP contribution >= 0.6 is 11.6 Å². The smallest absolute Gasteiger partial charge is 0.425 e. The molecule has 1 N–H and O–H groups in total. The number of hydrogen-bond acceptors (Lipinski definition) is 6. The lowest BCUT2D eigenvalue weighted by Crippen LogP contribution is -2.44. The molecule has 1 aromatic heterocycles. The Morgan fingerprint density at radius 2 is 1.82 bits per heavy atom. The van der Waals surface area contributed by atoms with Gasteiger partial charge in [-0.25, -0.2) is 0 Å². The van der Waals surface area contributed by atoms with Crippen LogP contribution in [0.15, 0.2) is 48.5 Å². The van der Waals surface area contributed by atoms with Crippen molar-refractivity contribution in [2.45, 2.75) is 44.3 Å². The standard InChI is InChI=1S/C26H24ClF3N4O5/c1-32-21(36)14-33(17-9-10-18(35)11-17)24(37)22-23(32)31-25(34(22)13-15-5-7-16(27)8-6-15)38-19-3-2-4-20(12-19)39-26(28,29)30/h2-8,12,17-18,35H,9-11,13-14H2,1H3/t17-,18-/m0/s1. The SMILES string of the molecule is CN1C(=O)CN([C@H]2CC[C@H](O)C2)C(=O)c2c1nc(Oc1cccc(OC(F)(F)F)c1)n2Cc1ccc(Cl)cc1. The molecule has 0 saturated heterocycles. The highest BCUT2D eigenvalue weighted by atomic mass is 35.5. The first kappa shape index (κ1) is 26.8. The molecule has 1 saturated carbocycles. The number of nitrogens with zero attached hydrogens (tertiary/aromatic N) is 4. The topological polar surface area (TPSA) is 97.1 Å². The van der Waals surface area contributed by atoms with Crippen molar-refractivity contribution in [3.05, 3.63) is 64.8 Å². The molecule has 9 nitrogen and oxygen atoms in total. The Balaban J connectivity index is 1.58. The second-order valence-corrected chi connectivity index (χ2v) is 9.85. The Hall–Kier alpha value is -3.77. The third kappa shape index (κ3) is 5.81. The van der Waals surface area contributed by atoms with Gasteiger partial charge in [0, 0.05) is 24.2 Å². The minimum absolute atomic E-state index is 0.0218. The van der Waals surface area contributed by atoms with E-state index in [4.69, 9.17) is 16.3 Å². The Kier molecular flexibility index (Phi) is 7.17. The first-order valence-corrected chi connectivity index (χ1v) is 12.5. The highest BCUT2D eigenvalue weighted by Gasteiger charge is 2.41. The van der Waals surface area contributed by atoms with Gasteiger partial charge in [0.25, 0.3) is 5.91 Å². The maximum atomic E-state index is 13.9. The number of imidazole rings is 1. The number of anilines is 1. The Morgan fingerprint density at radius 1 is 1.10 bits per heavy atom. The van der Waals surface area contributed by atoms with Crippen LogP contribution in [0, 0.1) is 0 Å². The number of amides is 2. The van der Waals surface area contributed by atoms with E-state index in [0.717, 1.165) is 17.7 Å². The van der Waals surface area contributed by atoms with Crippen LogP contribution in [0.1, 0.15) is 35.3 Å². The fourth-order valence-electron chi connectivity index (χ4n) is 4.79. The summed E-state index contributed by atoms with van der Waals surface area (Å²) in [5, 5.41) is 10.6. The third-order valence-corrected chi connectivity index (χ3v) is 6.95. The van der Waals surface area contributed by atoms with Gasteiger partial charge in [-0.15, -0.1) is 13.2 Å². The van der Waals surface area contributed by atoms with Gasteiger partial charge in [0.2, 0.25) is 5.91 Å². The molecule has 2 heterocycles. The van der Waals surface area contributed by atoms with Gasteiger partial charge >= 0.3 is 12.4 Å². The number of rotatable bonds is 6. The molecule has 2 aliphatic rings. The zero-order valence-corrected chi connectivity index (χ0v) is 21.4. The van der Waals surface area contributed by atoms with E-state index in [9.17, 15) is 27.9 Å². The number of benzene rings is 2. The quantitative estimate of drug-likeness (QED) is 0.470. The molecule has 39 heavy (non-hydrogen) atoms. The fourth-order valence-corrected chi connectivity index (χ4v) is 4.92. The number of aliphatic hydroxyl groups is 1. The van der Waals surface area contributed by atoms with Crippen LogP contribution in [0.3, 0.4) is 0 Å². The lowest BCUT2D eigenvalue weighted by molar-refractivity contribution is -0.274. The maximum absolute atomic E-state index is 13.9. The van der Waals surface area contributed by atoms with Crippen LogP contribution in [0.25, 0.3) is 0 Å². The van der Waals surface area contributed by atoms with Crippen LogP contribution in [-0.4, -0.2) is 63.5 Å². The minimum atomic E-state index is -4.89. The number of hydrogen-bond donors (Lipinski definition) is 1. The molecule has 1 fully saturated rings. The molecule has 13 heteroatoms. The number of fused-ring (bicyclic) bond motifs is 1. The molecule has 2 atom stereocenters. The predicted octanol–water partition coefficient (Wildman–Crippen LogP) is 4.61. The summed E-state index contributed by atoms with van der Waals surface area (Å²) >= 11 is 6.03. The van der Waals surface area contributed by atoms with E-state index in [1.807, 2.05) is 0 Å². The molecular weight excluding hydrogens is 541 g/mol. The summed E-state index contributed by atoms with van der Waals surface area (Å²) in [5.41, 5.74) is 0.810. The molecule has 206 valence electrons. The molecular formula is C26H24ClF3N4O5. The van der Waals surface area contributed by atoms with Crippen molar-refractivity contribution in [3.8, 4) is 17.5 Å². The molecule has 0 unspecified atom stereocenters. The van der Waals surface area contributed by atoms with E-state index in [1.54, 1.807) is 24.3 Å². The lowest BCUT2D eigenvalue weighted by atomic mass is 10.2. The van der Waals surface area contributed by atoms with Crippen molar-refractivity contribution in [1.82, 2.24) is 14.5 Å². The number of ether oxygens (including phenoxy) is 2. The van der Waals surface area contributed by atoms with Crippen molar-refractivity contribution >= 4 is 29.2 Å². The zero-order valence-electron chi connectivity index (χ0n) is 20.7. The molecule has 2 aromatic carbocycles. The van der Waals surface area contributed by atoms with Gasteiger partial charge in [-0.1, -0.05) is 29.8 Å². The number of carbonyl (C=O) groups is 2. The number of likely N-dealkylation sites (N-methyl/N-ethyl adjacent to an activating group) is 1. The van der Waals surface area contributed by atoms with E-state index in [2.05, 4.69) is 9.72 Å². The van der Waals surface area contributed by atoms with E-state index in [-0.39, 0.29) is 48.3 Å². The summed E-state index contributed by atoms with van der Waals surface area (Å²) in [4.78, 5) is 34.2. The van der Waals surface area contributed by atoms with Gasteiger partial charge in [-0.05, 0) is 49.1 Å². The lowest BCUT2D eigenvalue weighted by Gasteiger charge is -2.27. The second-order valence-electron chi connectivity index (χ2n) is 9.41. The van der Waals surface area contributed by atoms with Gasteiger partial charge in [0.1, 0.15) is 18.0 Å². The summed E-state index contributed by atoms with van der Waals surface area (Å²) in [7, 11) is 1.49. The van der Waals surface area contributed by atoms with E-state index in [1.165, 1.54) is 33.5 Å². The predicted molar refractivity (Wildman–Crippen MR) is 134 cm³/mol. The second kappa shape index (κ2) is 10.4. The van der Waals surface area contributed by atoms with Gasteiger partial charge in [-0.3, -0.25) is 19.1 Å². The van der Waals surface area contributed by atoms with Gasteiger partial charge in [0.15, 0.2) is 11.5 Å². The monoisotopic (exact) mass is 564 g/mol. The van der Waals surface area contributed by atoms with Crippen molar-refractivity contribution in [1.29, 1.82) is 0 Å². The zero-order chi connectivity index (χ0) is 27.9. The number of aromatic nitrogens is 2. The van der Waals surface area contributed by atoms with Crippen LogP contribution < -0.4 is 14.4 Å². The first-order chi connectivity index (χ1) is 18.5. The van der Waals surface area contributed by atoms with Gasteiger partial charge < -0.3 is 19.5 Å². The third-order valence-electron chi connectivity index (χ3n) is 6.70. The highest BCUT2D eigenvalue weighted by molar-refractivity contribution is 6.30. The van der Waals surface area contributed by atoms with Crippen molar-refractivity contribution in [2.24, 2.45) is 0 Å². The van der Waals surface area contributed by atoms with Gasteiger partial charge in [-0.2, -0.15) is 4.98 Å². The molecule has 2 amide bonds. The van der Waals surface area contributed by atoms with Crippen molar-refractivity contribution < 1.29 is 37.3 Å². The van der Waals surface area contributed by atoms with Crippen LogP contribution in [0.2, 0.25) is 5.02 Å². The molecule has 1 aliphatic carbocycles. The molecule has 0 radical (unpaired) electrons. The number of halogens is 4. The van der Waals surface area contributed by atoms with E-state index < -0.39 is 24.1 Å². The minimum Gasteiger partial charge on any atom is -0.425 e. The summed E-state index contributed by atoms with van der Waals surface area (Å²) < 4.78 is 49.6. The number of alkyl halides is 3. The number of aliphatic hydroxyl groups excluding tert-OH is 1.